The molecule has 0 fully saturated rings. The molecule has 1 heterocycles. The molecule has 1 atom stereocenters. The van der Waals surface area contributed by atoms with E-state index in [9.17, 15) is 0 Å². The molecule has 0 spiro atoms. The van der Waals surface area contributed by atoms with Gasteiger partial charge in [0.25, 0.3) is 0 Å². The third kappa shape index (κ3) is 3.55. The zero-order valence-electron chi connectivity index (χ0n) is 9.92. The van der Waals surface area contributed by atoms with E-state index in [-0.39, 0.29) is 5.92 Å². The SMILES string of the molecule is NCC(COc1ccc(Br)cc1)c1cccnc1. The zero-order chi connectivity index (χ0) is 12.8. The van der Waals surface area contributed by atoms with Crippen LogP contribution in [0.1, 0.15) is 11.5 Å². The average Bonchev–Trinajstić information content (AvgIpc) is 2.43. The van der Waals surface area contributed by atoms with Gasteiger partial charge in [0, 0.05) is 29.3 Å². The first-order valence-electron chi connectivity index (χ1n) is 5.78. The number of halogens is 1. The van der Waals surface area contributed by atoms with Gasteiger partial charge < -0.3 is 10.5 Å². The molecule has 0 radical (unpaired) electrons. The molecule has 1 aromatic carbocycles. The van der Waals surface area contributed by atoms with Gasteiger partial charge >= 0.3 is 0 Å². The summed E-state index contributed by atoms with van der Waals surface area (Å²) in [6, 6.07) is 11.7. The highest BCUT2D eigenvalue weighted by Gasteiger charge is 2.10. The molecular formula is C14H15BrN2O. The first-order valence-corrected chi connectivity index (χ1v) is 6.57. The molecule has 0 aliphatic heterocycles. The van der Waals surface area contributed by atoms with Gasteiger partial charge in [0.15, 0.2) is 0 Å². The van der Waals surface area contributed by atoms with Crippen molar-refractivity contribution in [3.8, 4) is 5.75 Å². The molecule has 1 unspecified atom stereocenters. The van der Waals surface area contributed by atoms with Gasteiger partial charge in [-0.1, -0.05) is 22.0 Å². The minimum Gasteiger partial charge on any atom is -0.493 e. The minimum absolute atomic E-state index is 0.169. The van der Waals surface area contributed by atoms with Crippen LogP contribution in [0.3, 0.4) is 0 Å². The summed E-state index contributed by atoms with van der Waals surface area (Å²) in [7, 11) is 0. The maximum atomic E-state index is 5.78. The Labute approximate surface area is 115 Å². The Morgan fingerprint density at radius 2 is 2.00 bits per heavy atom. The molecule has 2 N–H and O–H groups in total. The first kappa shape index (κ1) is 13.1. The highest BCUT2D eigenvalue weighted by atomic mass is 79.9. The molecule has 2 aromatic rings. The number of pyridine rings is 1. The van der Waals surface area contributed by atoms with E-state index < -0.39 is 0 Å². The summed E-state index contributed by atoms with van der Waals surface area (Å²) in [5, 5.41) is 0. The highest BCUT2D eigenvalue weighted by Crippen LogP contribution is 2.19. The maximum absolute atomic E-state index is 5.78. The van der Waals surface area contributed by atoms with Crippen LogP contribution in [0.4, 0.5) is 0 Å². The van der Waals surface area contributed by atoms with E-state index in [4.69, 9.17) is 10.5 Å². The minimum atomic E-state index is 0.169. The molecule has 0 bridgehead atoms. The van der Waals surface area contributed by atoms with Crippen molar-refractivity contribution in [1.29, 1.82) is 0 Å². The Bertz CT molecular complexity index is 473. The average molecular weight is 307 g/mol. The van der Waals surface area contributed by atoms with Gasteiger partial charge in [-0.2, -0.15) is 0 Å². The molecule has 0 aliphatic rings. The summed E-state index contributed by atoms with van der Waals surface area (Å²) in [5.41, 5.74) is 6.89. The van der Waals surface area contributed by atoms with Crippen LogP contribution in [0.15, 0.2) is 53.3 Å². The maximum Gasteiger partial charge on any atom is 0.119 e. The van der Waals surface area contributed by atoms with Gasteiger partial charge in [0.2, 0.25) is 0 Å². The van der Waals surface area contributed by atoms with Gasteiger partial charge in [-0.05, 0) is 35.9 Å². The molecule has 0 aliphatic carbocycles. The zero-order valence-corrected chi connectivity index (χ0v) is 11.5. The van der Waals surface area contributed by atoms with Crippen molar-refractivity contribution in [2.75, 3.05) is 13.2 Å². The molecule has 3 nitrogen and oxygen atoms in total. The number of benzene rings is 1. The van der Waals surface area contributed by atoms with Crippen molar-refractivity contribution in [3.05, 3.63) is 58.8 Å². The number of aromatic nitrogens is 1. The van der Waals surface area contributed by atoms with E-state index in [1.165, 1.54) is 0 Å². The fourth-order valence-electron chi connectivity index (χ4n) is 1.65. The van der Waals surface area contributed by atoms with Crippen molar-refractivity contribution in [3.63, 3.8) is 0 Å². The van der Waals surface area contributed by atoms with Crippen molar-refractivity contribution in [2.45, 2.75) is 5.92 Å². The van der Waals surface area contributed by atoms with Gasteiger partial charge in [0.1, 0.15) is 5.75 Å². The van der Waals surface area contributed by atoms with E-state index in [0.717, 1.165) is 15.8 Å². The van der Waals surface area contributed by atoms with Crippen LogP contribution < -0.4 is 10.5 Å². The number of nitrogens with zero attached hydrogens (tertiary/aromatic N) is 1. The second-order valence-corrected chi connectivity index (χ2v) is 4.90. The predicted octanol–water partition coefficient (Wildman–Crippen LogP) is 2.97. The van der Waals surface area contributed by atoms with Crippen LogP contribution in [-0.2, 0) is 0 Å². The van der Waals surface area contributed by atoms with Crippen LogP contribution in [-0.4, -0.2) is 18.1 Å². The first-order chi connectivity index (χ1) is 8.79. The lowest BCUT2D eigenvalue weighted by Crippen LogP contribution is -2.19. The van der Waals surface area contributed by atoms with Gasteiger partial charge in [-0.3, -0.25) is 4.98 Å². The Morgan fingerprint density at radius 1 is 1.22 bits per heavy atom. The Balaban J connectivity index is 1.97. The molecule has 2 rings (SSSR count). The van der Waals surface area contributed by atoms with Gasteiger partial charge in [-0.15, -0.1) is 0 Å². The van der Waals surface area contributed by atoms with Crippen molar-refractivity contribution in [2.24, 2.45) is 5.73 Å². The number of ether oxygens (including phenoxy) is 1. The molecule has 18 heavy (non-hydrogen) atoms. The van der Waals surface area contributed by atoms with Crippen LogP contribution in [0.5, 0.6) is 5.75 Å². The van der Waals surface area contributed by atoms with Crippen molar-refractivity contribution >= 4 is 15.9 Å². The fourth-order valence-corrected chi connectivity index (χ4v) is 1.91. The number of hydrogen-bond acceptors (Lipinski definition) is 3. The van der Waals surface area contributed by atoms with Crippen LogP contribution in [0.25, 0.3) is 0 Å². The monoisotopic (exact) mass is 306 g/mol. The fraction of sp³-hybridized carbons (Fsp3) is 0.214. The third-order valence-electron chi connectivity index (χ3n) is 2.71. The van der Waals surface area contributed by atoms with Crippen molar-refractivity contribution in [1.82, 2.24) is 4.98 Å². The normalized spacial score (nSPS) is 12.1. The summed E-state index contributed by atoms with van der Waals surface area (Å²) >= 11 is 3.39. The molecule has 0 saturated heterocycles. The summed E-state index contributed by atoms with van der Waals surface area (Å²) in [6.45, 7) is 1.10. The summed E-state index contributed by atoms with van der Waals surface area (Å²) in [4.78, 5) is 4.10. The summed E-state index contributed by atoms with van der Waals surface area (Å²) < 4.78 is 6.78. The second kappa shape index (κ2) is 6.52. The van der Waals surface area contributed by atoms with Gasteiger partial charge in [0.05, 0.1) is 6.61 Å². The lowest BCUT2D eigenvalue weighted by molar-refractivity contribution is 0.290. The van der Waals surface area contributed by atoms with E-state index in [0.29, 0.717) is 13.2 Å². The number of nitrogens with two attached hydrogens (primary N) is 1. The number of rotatable bonds is 5. The largest absolute Gasteiger partial charge is 0.493 e. The van der Waals surface area contributed by atoms with Crippen molar-refractivity contribution < 1.29 is 4.74 Å². The standard InChI is InChI=1S/C14H15BrN2O/c15-13-3-5-14(6-4-13)18-10-12(8-16)11-2-1-7-17-9-11/h1-7,9,12H,8,10,16H2. The lowest BCUT2D eigenvalue weighted by atomic mass is 10.0. The number of hydrogen-bond donors (Lipinski definition) is 1. The van der Waals surface area contributed by atoms with E-state index >= 15 is 0 Å². The Morgan fingerprint density at radius 3 is 2.61 bits per heavy atom. The second-order valence-electron chi connectivity index (χ2n) is 3.98. The van der Waals surface area contributed by atoms with Crippen LogP contribution in [0, 0.1) is 0 Å². The predicted molar refractivity (Wildman–Crippen MR) is 75.7 cm³/mol. The molecule has 94 valence electrons. The highest BCUT2D eigenvalue weighted by molar-refractivity contribution is 9.10. The van der Waals surface area contributed by atoms with Gasteiger partial charge in [-0.25, -0.2) is 0 Å². The molecule has 1 aromatic heterocycles. The molecular weight excluding hydrogens is 292 g/mol. The smallest absolute Gasteiger partial charge is 0.119 e. The lowest BCUT2D eigenvalue weighted by Gasteiger charge is -2.15. The Kier molecular flexibility index (Phi) is 4.73. The van der Waals surface area contributed by atoms with E-state index in [1.54, 1.807) is 6.20 Å². The Hall–Kier alpha value is -1.39. The quantitative estimate of drug-likeness (QED) is 0.924. The van der Waals surface area contributed by atoms with Crippen LogP contribution >= 0.6 is 15.9 Å². The third-order valence-corrected chi connectivity index (χ3v) is 3.23. The molecule has 0 saturated carbocycles. The van der Waals surface area contributed by atoms with E-state index in [2.05, 4.69) is 20.9 Å². The van der Waals surface area contributed by atoms with Crippen LogP contribution in [0.2, 0.25) is 0 Å². The summed E-state index contributed by atoms with van der Waals surface area (Å²) in [6.07, 6.45) is 3.59. The molecule has 4 heteroatoms. The van der Waals surface area contributed by atoms with E-state index in [1.807, 2.05) is 42.6 Å². The summed E-state index contributed by atoms with van der Waals surface area (Å²) in [5.74, 6) is 1.02. The topological polar surface area (TPSA) is 48.1 Å². The molecule has 0 amide bonds.